The molecule has 2 aliphatic rings. The summed E-state index contributed by atoms with van der Waals surface area (Å²) in [6.45, 7) is 1.95. The van der Waals surface area contributed by atoms with E-state index in [2.05, 4.69) is 15.2 Å². The maximum atomic E-state index is 12.8. The number of amides is 1. The summed E-state index contributed by atoms with van der Waals surface area (Å²) in [6.07, 6.45) is 4.46. The third kappa shape index (κ3) is 2.81. The van der Waals surface area contributed by atoms with Gasteiger partial charge < -0.3 is 14.7 Å². The second-order valence-corrected chi connectivity index (χ2v) is 6.43. The number of aliphatic hydroxyl groups is 1. The molecule has 7 heteroatoms. The van der Waals surface area contributed by atoms with E-state index in [1.165, 1.54) is 0 Å². The zero-order valence-corrected chi connectivity index (χ0v) is 13.3. The molecule has 1 amide bonds. The first-order valence-electron chi connectivity index (χ1n) is 8.22. The number of hydrogen-bond acceptors (Lipinski definition) is 5. The number of aromatic amines is 1. The fraction of sp³-hybridized carbons (Fsp3) is 0.471. The molecule has 2 aromatic heterocycles. The standard InChI is InChI=1S/C17H20N4O3/c22-15-9-21(8-12(15)7-11-1-4-18-5-2-11)17(23)16-13-10-24-6-3-14(13)19-20-16/h1-2,4-5,12,15,22H,3,6-10H2,(H,19,20)/t12-,15-/m1/s1. The summed E-state index contributed by atoms with van der Waals surface area (Å²) in [6, 6.07) is 3.89. The number of fused-ring (bicyclic) bond motifs is 1. The van der Waals surface area contributed by atoms with Gasteiger partial charge in [0.15, 0.2) is 5.69 Å². The number of carbonyl (C=O) groups is 1. The Morgan fingerprint density at radius 3 is 3.04 bits per heavy atom. The van der Waals surface area contributed by atoms with Gasteiger partial charge in [0.05, 0.1) is 19.3 Å². The van der Waals surface area contributed by atoms with Crippen molar-refractivity contribution in [1.29, 1.82) is 0 Å². The van der Waals surface area contributed by atoms with Gasteiger partial charge in [0.25, 0.3) is 5.91 Å². The third-order valence-electron chi connectivity index (χ3n) is 4.84. The lowest BCUT2D eigenvalue weighted by Gasteiger charge is -2.17. The second-order valence-electron chi connectivity index (χ2n) is 6.43. The number of ether oxygens (including phenoxy) is 1. The van der Waals surface area contributed by atoms with Crippen LogP contribution in [0.2, 0.25) is 0 Å². The number of pyridine rings is 1. The highest BCUT2D eigenvalue weighted by molar-refractivity contribution is 5.94. The van der Waals surface area contributed by atoms with Gasteiger partial charge in [0, 0.05) is 49.1 Å². The topological polar surface area (TPSA) is 91.3 Å². The average molecular weight is 328 g/mol. The summed E-state index contributed by atoms with van der Waals surface area (Å²) < 4.78 is 5.44. The smallest absolute Gasteiger partial charge is 0.274 e. The predicted molar refractivity (Wildman–Crippen MR) is 85.3 cm³/mol. The van der Waals surface area contributed by atoms with Gasteiger partial charge in [-0.2, -0.15) is 5.10 Å². The summed E-state index contributed by atoms with van der Waals surface area (Å²) in [7, 11) is 0. The van der Waals surface area contributed by atoms with Gasteiger partial charge in [-0.05, 0) is 24.1 Å². The Hall–Kier alpha value is -2.25. The van der Waals surface area contributed by atoms with E-state index in [1.54, 1.807) is 17.3 Å². The number of H-pyrrole nitrogens is 1. The quantitative estimate of drug-likeness (QED) is 0.859. The van der Waals surface area contributed by atoms with E-state index < -0.39 is 6.10 Å². The molecule has 0 spiro atoms. The molecule has 0 aromatic carbocycles. The minimum absolute atomic E-state index is 0.0300. The van der Waals surface area contributed by atoms with Crippen molar-refractivity contribution in [1.82, 2.24) is 20.1 Å². The van der Waals surface area contributed by atoms with E-state index >= 15 is 0 Å². The molecule has 4 rings (SSSR count). The minimum atomic E-state index is -0.520. The summed E-state index contributed by atoms with van der Waals surface area (Å²) in [5, 5.41) is 17.5. The lowest BCUT2D eigenvalue weighted by Crippen LogP contribution is -2.31. The summed E-state index contributed by atoms with van der Waals surface area (Å²) in [5.74, 6) is -0.100. The van der Waals surface area contributed by atoms with E-state index in [4.69, 9.17) is 4.74 Å². The second kappa shape index (κ2) is 6.33. The van der Waals surface area contributed by atoms with Crippen molar-refractivity contribution in [3.63, 3.8) is 0 Å². The third-order valence-corrected chi connectivity index (χ3v) is 4.84. The summed E-state index contributed by atoms with van der Waals surface area (Å²) in [4.78, 5) is 18.5. The molecule has 2 aromatic rings. The number of β-amino-alcohol motifs (C(OH)–C–C–N with tert-alkyl or cyclic N) is 1. The van der Waals surface area contributed by atoms with Crippen LogP contribution in [0.1, 0.15) is 27.3 Å². The monoisotopic (exact) mass is 328 g/mol. The number of hydrogen-bond donors (Lipinski definition) is 2. The van der Waals surface area contributed by atoms with Crippen LogP contribution < -0.4 is 0 Å². The highest BCUT2D eigenvalue weighted by Gasteiger charge is 2.36. The fourth-order valence-corrected chi connectivity index (χ4v) is 3.48. The van der Waals surface area contributed by atoms with Crippen LogP contribution in [-0.2, 0) is 24.2 Å². The average Bonchev–Trinajstić information content (AvgIpc) is 3.19. The van der Waals surface area contributed by atoms with E-state index in [0.717, 1.165) is 29.7 Å². The van der Waals surface area contributed by atoms with Crippen molar-refractivity contribution in [2.75, 3.05) is 19.7 Å². The van der Waals surface area contributed by atoms with Gasteiger partial charge in [0.1, 0.15) is 0 Å². The maximum Gasteiger partial charge on any atom is 0.274 e. The Labute approximate surface area is 139 Å². The first-order valence-corrected chi connectivity index (χ1v) is 8.22. The van der Waals surface area contributed by atoms with E-state index in [1.807, 2.05) is 12.1 Å². The van der Waals surface area contributed by atoms with Gasteiger partial charge in [-0.25, -0.2) is 0 Å². The van der Waals surface area contributed by atoms with E-state index in [0.29, 0.717) is 32.0 Å². The Kier molecular flexibility index (Phi) is 4.03. The van der Waals surface area contributed by atoms with Crippen molar-refractivity contribution in [2.24, 2.45) is 5.92 Å². The van der Waals surface area contributed by atoms with Crippen LogP contribution in [-0.4, -0.2) is 56.9 Å². The molecule has 0 saturated carbocycles. The highest BCUT2D eigenvalue weighted by atomic mass is 16.5. The lowest BCUT2D eigenvalue weighted by atomic mass is 9.97. The van der Waals surface area contributed by atoms with Gasteiger partial charge in [0.2, 0.25) is 0 Å². The van der Waals surface area contributed by atoms with Crippen molar-refractivity contribution in [3.8, 4) is 0 Å². The SMILES string of the molecule is O=C(c1n[nH]c2c1COCC2)N1C[C@@H](Cc2ccncc2)[C@H](O)C1. The Morgan fingerprint density at radius 2 is 2.21 bits per heavy atom. The molecule has 0 radical (unpaired) electrons. The molecule has 0 aliphatic carbocycles. The number of aromatic nitrogens is 3. The normalized spacial score (nSPS) is 23.3. The van der Waals surface area contributed by atoms with Crippen LogP contribution in [0.5, 0.6) is 0 Å². The number of aliphatic hydroxyl groups excluding tert-OH is 1. The largest absolute Gasteiger partial charge is 0.391 e. The van der Waals surface area contributed by atoms with Gasteiger partial charge in [-0.15, -0.1) is 0 Å². The van der Waals surface area contributed by atoms with Crippen LogP contribution >= 0.6 is 0 Å². The number of rotatable bonds is 3. The van der Waals surface area contributed by atoms with Gasteiger partial charge in [-0.3, -0.25) is 14.9 Å². The molecule has 2 aliphatic heterocycles. The van der Waals surface area contributed by atoms with Crippen LogP contribution in [0.4, 0.5) is 0 Å². The fourth-order valence-electron chi connectivity index (χ4n) is 3.48. The van der Waals surface area contributed by atoms with Crippen molar-refractivity contribution < 1.29 is 14.6 Å². The Bertz CT molecular complexity index is 731. The number of likely N-dealkylation sites (tertiary alicyclic amines) is 1. The minimum Gasteiger partial charge on any atom is -0.391 e. The molecule has 1 fully saturated rings. The molecule has 0 unspecified atom stereocenters. The molecular weight excluding hydrogens is 308 g/mol. The number of carbonyl (C=O) groups excluding carboxylic acids is 1. The van der Waals surface area contributed by atoms with E-state index in [9.17, 15) is 9.90 Å². The van der Waals surface area contributed by atoms with Crippen molar-refractivity contribution in [2.45, 2.75) is 25.6 Å². The van der Waals surface area contributed by atoms with Gasteiger partial charge in [-0.1, -0.05) is 0 Å². The highest BCUT2D eigenvalue weighted by Crippen LogP contribution is 2.25. The number of nitrogens with zero attached hydrogens (tertiary/aromatic N) is 3. The van der Waals surface area contributed by atoms with Gasteiger partial charge >= 0.3 is 0 Å². The molecular formula is C17H20N4O3. The molecule has 24 heavy (non-hydrogen) atoms. The zero-order chi connectivity index (χ0) is 16.5. The summed E-state index contributed by atoms with van der Waals surface area (Å²) >= 11 is 0. The van der Waals surface area contributed by atoms with Crippen molar-refractivity contribution >= 4 is 5.91 Å². The zero-order valence-electron chi connectivity index (χ0n) is 13.3. The molecule has 1 saturated heterocycles. The first-order chi connectivity index (χ1) is 11.7. The number of nitrogens with one attached hydrogen (secondary N) is 1. The predicted octanol–water partition coefficient (Wildman–Crippen LogP) is 0.553. The molecule has 0 bridgehead atoms. The Balaban J connectivity index is 1.47. The first kappa shape index (κ1) is 15.3. The van der Waals surface area contributed by atoms with Crippen LogP contribution in [0, 0.1) is 5.92 Å². The van der Waals surface area contributed by atoms with Crippen LogP contribution in [0.15, 0.2) is 24.5 Å². The molecule has 2 atom stereocenters. The van der Waals surface area contributed by atoms with Crippen LogP contribution in [0.3, 0.4) is 0 Å². The summed E-state index contributed by atoms with van der Waals surface area (Å²) in [5.41, 5.74) is 3.39. The lowest BCUT2D eigenvalue weighted by molar-refractivity contribution is 0.0745. The molecule has 4 heterocycles. The van der Waals surface area contributed by atoms with E-state index in [-0.39, 0.29) is 11.8 Å². The van der Waals surface area contributed by atoms with Crippen molar-refractivity contribution in [3.05, 3.63) is 47.0 Å². The molecule has 2 N–H and O–H groups in total. The maximum absolute atomic E-state index is 12.8. The molecule has 126 valence electrons. The van der Waals surface area contributed by atoms with Crippen LogP contribution in [0.25, 0.3) is 0 Å². The molecule has 7 nitrogen and oxygen atoms in total. The Morgan fingerprint density at radius 1 is 1.38 bits per heavy atom.